The van der Waals surface area contributed by atoms with Crippen molar-refractivity contribution in [1.29, 1.82) is 0 Å². The van der Waals surface area contributed by atoms with Gasteiger partial charge in [-0.25, -0.2) is 13.1 Å². The summed E-state index contributed by atoms with van der Waals surface area (Å²) in [7, 11) is -2.53. The van der Waals surface area contributed by atoms with Crippen molar-refractivity contribution in [3.05, 3.63) is 47.3 Å². The summed E-state index contributed by atoms with van der Waals surface area (Å²) in [5, 5.41) is 4.32. The number of sulfone groups is 1. The standard InChI is InChI=1S/C19H23F3N2O4S/c1-13-9-16(24(23-13)12-27-3)17-11-18(2,7-8-28-17)29(25,26)15-6-4-5-14(10-15)19(20,21)22/h4-6,9-10,17H,7-8,11-12H2,1-3H3. The minimum atomic E-state index is -4.62. The lowest BCUT2D eigenvalue weighted by Gasteiger charge is -2.37. The molecule has 2 atom stereocenters. The number of nitrogens with zero attached hydrogens (tertiary/aromatic N) is 2. The van der Waals surface area contributed by atoms with Gasteiger partial charge in [-0.15, -0.1) is 0 Å². The van der Waals surface area contributed by atoms with Gasteiger partial charge in [-0.2, -0.15) is 18.3 Å². The van der Waals surface area contributed by atoms with Gasteiger partial charge in [0.2, 0.25) is 0 Å². The molecule has 1 aliphatic rings. The average Bonchev–Trinajstić information content (AvgIpc) is 3.02. The highest BCUT2D eigenvalue weighted by Gasteiger charge is 2.46. The van der Waals surface area contributed by atoms with Crippen LogP contribution in [-0.4, -0.2) is 36.7 Å². The highest BCUT2D eigenvalue weighted by Crippen LogP contribution is 2.42. The maximum Gasteiger partial charge on any atom is 0.416 e. The van der Waals surface area contributed by atoms with E-state index in [1.807, 2.05) is 0 Å². The molecule has 6 nitrogen and oxygen atoms in total. The maximum atomic E-state index is 13.3. The van der Waals surface area contributed by atoms with E-state index in [0.29, 0.717) is 11.8 Å². The number of rotatable bonds is 5. The molecule has 10 heteroatoms. The van der Waals surface area contributed by atoms with Crippen molar-refractivity contribution in [2.24, 2.45) is 0 Å². The van der Waals surface area contributed by atoms with Gasteiger partial charge in [0.15, 0.2) is 9.84 Å². The Hall–Kier alpha value is -1.91. The molecule has 2 heterocycles. The molecule has 29 heavy (non-hydrogen) atoms. The Balaban J connectivity index is 1.96. The fraction of sp³-hybridized carbons (Fsp3) is 0.526. The van der Waals surface area contributed by atoms with Crippen LogP contribution in [0.2, 0.25) is 0 Å². The van der Waals surface area contributed by atoms with Crippen molar-refractivity contribution < 1.29 is 31.1 Å². The van der Waals surface area contributed by atoms with Crippen LogP contribution in [0.25, 0.3) is 0 Å². The molecule has 0 saturated carbocycles. The number of methoxy groups -OCH3 is 1. The lowest BCUT2D eigenvalue weighted by Crippen LogP contribution is -2.42. The first-order valence-electron chi connectivity index (χ1n) is 9.05. The van der Waals surface area contributed by atoms with Crippen molar-refractivity contribution in [1.82, 2.24) is 9.78 Å². The van der Waals surface area contributed by atoms with Gasteiger partial charge >= 0.3 is 6.18 Å². The molecule has 0 spiro atoms. The molecule has 0 radical (unpaired) electrons. The van der Waals surface area contributed by atoms with Crippen LogP contribution >= 0.6 is 0 Å². The van der Waals surface area contributed by atoms with Gasteiger partial charge < -0.3 is 9.47 Å². The molecule has 0 bridgehead atoms. The van der Waals surface area contributed by atoms with Gasteiger partial charge in [-0.1, -0.05) is 6.07 Å². The molecule has 0 amide bonds. The second-order valence-electron chi connectivity index (χ2n) is 7.42. The number of alkyl halides is 3. The van der Waals surface area contributed by atoms with Crippen LogP contribution in [0.5, 0.6) is 0 Å². The minimum absolute atomic E-state index is 0.0976. The van der Waals surface area contributed by atoms with Crippen molar-refractivity contribution >= 4 is 9.84 Å². The zero-order valence-corrected chi connectivity index (χ0v) is 17.2. The predicted octanol–water partition coefficient (Wildman–Crippen LogP) is 3.90. The van der Waals surface area contributed by atoms with Gasteiger partial charge in [0.05, 0.1) is 26.6 Å². The molecule has 160 valence electrons. The Morgan fingerprint density at radius 3 is 2.72 bits per heavy atom. The van der Waals surface area contributed by atoms with E-state index >= 15 is 0 Å². The maximum absolute atomic E-state index is 13.3. The summed E-state index contributed by atoms with van der Waals surface area (Å²) in [6, 6.07) is 5.68. The predicted molar refractivity (Wildman–Crippen MR) is 98.9 cm³/mol. The van der Waals surface area contributed by atoms with E-state index in [1.165, 1.54) is 13.2 Å². The van der Waals surface area contributed by atoms with Crippen LogP contribution in [0.15, 0.2) is 35.2 Å². The van der Waals surface area contributed by atoms with Gasteiger partial charge in [0, 0.05) is 13.7 Å². The molecule has 2 aromatic rings. The summed E-state index contributed by atoms with van der Waals surface area (Å²) in [6.45, 7) is 3.70. The van der Waals surface area contributed by atoms with Gasteiger partial charge in [0.25, 0.3) is 0 Å². The summed E-state index contributed by atoms with van der Waals surface area (Å²) in [5.74, 6) is 0. The first kappa shape index (κ1) is 21.8. The van der Waals surface area contributed by atoms with E-state index in [0.717, 1.165) is 17.8 Å². The van der Waals surface area contributed by atoms with Gasteiger partial charge in [-0.3, -0.25) is 0 Å². The van der Waals surface area contributed by atoms with E-state index in [-0.39, 0.29) is 31.1 Å². The third kappa shape index (κ3) is 4.19. The Morgan fingerprint density at radius 2 is 2.07 bits per heavy atom. The van der Waals surface area contributed by atoms with E-state index in [9.17, 15) is 21.6 Å². The minimum Gasteiger partial charge on any atom is -0.372 e. The molecule has 0 N–H and O–H groups in total. The van der Waals surface area contributed by atoms with Crippen LogP contribution in [0.3, 0.4) is 0 Å². The number of ether oxygens (including phenoxy) is 2. The summed E-state index contributed by atoms with van der Waals surface area (Å²) in [4.78, 5) is -0.336. The second kappa shape index (κ2) is 7.73. The van der Waals surface area contributed by atoms with Gasteiger partial charge in [0.1, 0.15) is 12.8 Å². The SMILES string of the molecule is COCn1nc(C)cc1C1CC(C)(S(=O)(=O)c2cccc(C(F)(F)F)c2)CCO1. The molecule has 2 unspecified atom stereocenters. The summed E-state index contributed by atoms with van der Waals surface area (Å²) in [6.07, 6.45) is -4.90. The average molecular weight is 432 g/mol. The van der Waals surface area contributed by atoms with Crippen LogP contribution in [0, 0.1) is 6.92 Å². The summed E-state index contributed by atoms with van der Waals surface area (Å²) >= 11 is 0. The first-order chi connectivity index (χ1) is 13.5. The number of hydrogen-bond donors (Lipinski definition) is 0. The Labute approximate surface area is 167 Å². The molecule has 1 fully saturated rings. The van der Waals surface area contributed by atoms with Crippen LogP contribution in [-0.2, 0) is 32.2 Å². The van der Waals surface area contributed by atoms with Crippen molar-refractivity contribution in [3.63, 3.8) is 0 Å². The highest BCUT2D eigenvalue weighted by molar-refractivity contribution is 7.92. The highest BCUT2D eigenvalue weighted by atomic mass is 32.2. The number of halogens is 3. The molecule has 1 aliphatic heterocycles. The Bertz CT molecular complexity index is 988. The largest absolute Gasteiger partial charge is 0.416 e. The normalized spacial score (nSPS) is 23.3. The monoisotopic (exact) mass is 432 g/mol. The molecular formula is C19H23F3N2O4S. The number of benzene rings is 1. The van der Waals surface area contributed by atoms with Crippen molar-refractivity contribution in [2.45, 2.75) is 55.3 Å². The molecule has 1 aromatic heterocycles. The third-order valence-electron chi connectivity index (χ3n) is 5.20. The molecule has 0 aliphatic carbocycles. The smallest absolute Gasteiger partial charge is 0.372 e. The van der Waals surface area contributed by atoms with Crippen LogP contribution in [0.1, 0.15) is 42.8 Å². The fourth-order valence-corrected chi connectivity index (χ4v) is 5.41. The van der Waals surface area contributed by atoms with Crippen LogP contribution < -0.4 is 0 Å². The zero-order valence-electron chi connectivity index (χ0n) is 16.4. The topological polar surface area (TPSA) is 70.4 Å². The lowest BCUT2D eigenvalue weighted by molar-refractivity contribution is -0.137. The lowest BCUT2D eigenvalue weighted by atomic mass is 9.94. The summed E-state index contributed by atoms with van der Waals surface area (Å²) < 4.78 is 77.1. The Kier molecular flexibility index (Phi) is 5.81. The molecular weight excluding hydrogens is 409 g/mol. The van der Waals surface area contributed by atoms with E-state index in [2.05, 4.69) is 5.10 Å². The molecule has 3 rings (SSSR count). The quantitative estimate of drug-likeness (QED) is 0.717. The molecule has 1 saturated heterocycles. The third-order valence-corrected chi connectivity index (χ3v) is 7.74. The summed E-state index contributed by atoms with van der Waals surface area (Å²) in [5.41, 5.74) is 0.419. The number of aryl methyl sites for hydroxylation is 1. The van der Waals surface area contributed by atoms with Gasteiger partial charge in [-0.05, 0) is 51.0 Å². The molecule has 1 aromatic carbocycles. The van der Waals surface area contributed by atoms with Crippen molar-refractivity contribution in [2.75, 3.05) is 13.7 Å². The first-order valence-corrected chi connectivity index (χ1v) is 10.5. The van der Waals surface area contributed by atoms with Crippen molar-refractivity contribution in [3.8, 4) is 0 Å². The van der Waals surface area contributed by atoms with Crippen LogP contribution in [0.4, 0.5) is 13.2 Å². The zero-order chi connectivity index (χ0) is 21.4. The number of aromatic nitrogens is 2. The van der Waals surface area contributed by atoms with E-state index < -0.39 is 32.4 Å². The van der Waals surface area contributed by atoms with E-state index in [4.69, 9.17) is 9.47 Å². The van der Waals surface area contributed by atoms with E-state index in [1.54, 1.807) is 24.6 Å². The Morgan fingerprint density at radius 1 is 1.34 bits per heavy atom. The second-order valence-corrected chi connectivity index (χ2v) is 9.88. The number of hydrogen-bond acceptors (Lipinski definition) is 5. The fourth-order valence-electron chi connectivity index (χ4n) is 3.58.